The van der Waals surface area contributed by atoms with Crippen LogP contribution in [0.25, 0.3) is 0 Å². The van der Waals surface area contributed by atoms with Crippen LogP contribution in [0.1, 0.15) is 11.1 Å². The van der Waals surface area contributed by atoms with Crippen LogP contribution in [-0.2, 0) is 22.4 Å². The number of carbonyl (C=O) groups is 2. The predicted molar refractivity (Wildman–Crippen MR) is 140 cm³/mol. The Hall–Kier alpha value is -3.35. The Labute approximate surface area is 208 Å². The third kappa shape index (κ3) is 6.59. The Morgan fingerprint density at radius 3 is 2.29 bits per heavy atom. The molecular weight excluding hydrogens is 466 g/mol. The monoisotopic (exact) mass is 489 g/mol. The van der Waals surface area contributed by atoms with Gasteiger partial charge in [-0.15, -0.1) is 0 Å². The van der Waals surface area contributed by atoms with Crippen molar-refractivity contribution < 1.29 is 9.59 Å². The van der Waals surface area contributed by atoms with Gasteiger partial charge in [0.1, 0.15) is 0 Å². The van der Waals surface area contributed by atoms with E-state index in [4.69, 9.17) is 16.6 Å². The normalized spacial score (nSPS) is 15.8. The van der Waals surface area contributed by atoms with Crippen LogP contribution >= 0.6 is 23.4 Å². The van der Waals surface area contributed by atoms with Gasteiger partial charge in [-0.3, -0.25) is 19.5 Å². The molecule has 1 heterocycles. The number of thioether (sulfide) groups is 1. The number of nitrogens with one attached hydrogen (secondary N) is 1. The van der Waals surface area contributed by atoms with Crippen molar-refractivity contribution in [2.24, 2.45) is 4.99 Å². The molecule has 3 aromatic carbocycles. The quantitative estimate of drug-likeness (QED) is 0.420. The van der Waals surface area contributed by atoms with Crippen molar-refractivity contribution in [2.75, 3.05) is 18.4 Å². The molecule has 0 saturated carbocycles. The molecule has 0 unspecified atom stereocenters. The summed E-state index contributed by atoms with van der Waals surface area (Å²) < 4.78 is 0. The number of amides is 2. The summed E-state index contributed by atoms with van der Waals surface area (Å²) in [5.74, 6) is -0.590. The standard InChI is InChI=1S/C27H24ClN3O2S/c28-22-12-7-13-23(18-22)30-25(32)19-24-26(33)31(17-15-21-10-5-2-6-11-21)27(34-24)29-16-14-20-8-3-1-4-9-20/h1-13,18-19H,14-17H2,(H,30,32). The van der Waals surface area contributed by atoms with Gasteiger partial charge in [-0.2, -0.15) is 0 Å². The molecule has 1 fully saturated rings. The molecule has 7 heteroatoms. The van der Waals surface area contributed by atoms with Gasteiger partial charge >= 0.3 is 0 Å². The first-order valence-corrected chi connectivity index (χ1v) is 12.2. The van der Waals surface area contributed by atoms with Crippen LogP contribution in [0, 0.1) is 0 Å². The van der Waals surface area contributed by atoms with E-state index in [9.17, 15) is 9.59 Å². The van der Waals surface area contributed by atoms with E-state index >= 15 is 0 Å². The first-order valence-electron chi connectivity index (χ1n) is 11.0. The molecular formula is C27H24ClN3O2S. The second-order valence-electron chi connectivity index (χ2n) is 7.70. The van der Waals surface area contributed by atoms with Crippen LogP contribution in [0.15, 0.2) is 101 Å². The summed E-state index contributed by atoms with van der Waals surface area (Å²) in [6.45, 7) is 1.05. The molecule has 0 atom stereocenters. The number of aliphatic imine (C=N–C) groups is 1. The molecule has 172 valence electrons. The molecule has 1 aliphatic heterocycles. The molecule has 0 radical (unpaired) electrons. The lowest BCUT2D eigenvalue weighted by Gasteiger charge is -2.15. The van der Waals surface area contributed by atoms with Crippen molar-refractivity contribution in [3.05, 3.63) is 112 Å². The van der Waals surface area contributed by atoms with Gasteiger partial charge in [0.25, 0.3) is 5.91 Å². The third-order valence-electron chi connectivity index (χ3n) is 5.20. The topological polar surface area (TPSA) is 61.8 Å². The minimum absolute atomic E-state index is 0.208. The zero-order valence-corrected chi connectivity index (χ0v) is 20.1. The van der Waals surface area contributed by atoms with Gasteiger partial charge in [-0.25, -0.2) is 0 Å². The average Bonchev–Trinajstić information content (AvgIpc) is 3.13. The van der Waals surface area contributed by atoms with Gasteiger partial charge in [0.2, 0.25) is 5.91 Å². The Kier molecular flexibility index (Phi) is 8.17. The molecule has 1 saturated heterocycles. The maximum Gasteiger partial charge on any atom is 0.266 e. The number of halogens is 1. The van der Waals surface area contributed by atoms with E-state index in [1.807, 2.05) is 48.5 Å². The van der Waals surface area contributed by atoms with Crippen LogP contribution in [0.5, 0.6) is 0 Å². The minimum atomic E-state index is -0.383. The molecule has 0 bridgehead atoms. The van der Waals surface area contributed by atoms with Crippen LogP contribution in [0.3, 0.4) is 0 Å². The van der Waals surface area contributed by atoms with Gasteiger partial charge in [0.15, 0.2) is 5.17 Å². The summed E-state index contributed by atoms with van der Waals surface area (Å²) in [7, 11) is 0. The fourth-order valence-corrected chi connectivity index (χ4v) is 4.69. The van der Waals surface area contributed by atoms with Gasteiger partial charge < -0.3 is 5.32 Å². The van der Waals surface area contributed by atoms with Crippen molar-refractivity contribution in [2.45, 2.75) is 12.8 Å². The van der Waals surface area contributed by atoms with E-state index in [0.717, 1.165) is 12.0 Å². The molecule has 0 aromatic heterocycles. The van der Waals surface area contributed by atoms with Crippen molar-refractivity contribution >= 4 is 46.0 Å². The number of benzene rings is 3. The van der Waals surface area contributed by atoms with E-state index in [1.54, 1.807) is 29.2 Å². The maximum absolute atomic E-state index is 13.2. The van der Waals surface area contributed by atoms with E-state index in [-0.39, 0.29) is 11.8 Å². The summed E-state index contributed by atoms with van der Waals surface area (Å²) in [6, 6.07) is 27.0. The lowest BCUT2D eigenvalue weighted by Crippen LogP contribution is -2.31. The Bertz CT molecular complexity index is 1210. The van der Waals surface area contributed by atoms with Gasteiger partial charge in [0.05, 0.1) is 4.91 Å². The van der Waals surface area contributed by atoms with Gasteiger partial charge in [0, 0.05) is 29.9 Å². The first kappa shape index (κ1) is 23.8. The lowest BCUT2D eigenvalue weighted by atomic mass is 10.1. The van der Waals surface area contributed by atoms with Crippen LogP contribution in [0.4, 0.5) is 5.69 Å². The molecule has 3 aromatic rings. The van der Waals surface area contributed by atoms with Crippen molar-refractivity contribution in [3.8, 4) is 0 Å². The van der Waals surface area contributed by atoms with Crippen LogP contribution < -0.4 is 5.32 Å². The summed E-state index contributed by atoms with van der Waals surface area (Å²) >= 11 is 7.23. The predicted octanol–water partition coefficient (Wildman–Crippen LogP) is 5.58. The van der Waals surface area contributed by atoms with E-state index in [2.05, 4.69) is 17.4 Å². The number of nitrogens with zero attached hydrogens (tertiary/aromatic N) is 2. The molecule has 4 rings (SSSR count). The third-order valence-corrected chi connectivity index (χ3v) is 6.48. The number of rotatable bonds is 8. The second-order valence-corrected chi connectivity index (χ2v) is 9.15. The smallest absolute Gasteiger partial charge is 0.266 e. The van der Waals surface area contributed by atoms with Crippen molar-refractivity contribution in [1.82, 2.24) is 4.90 Å². The molecule has 0 spiro atoms. The fraction of sp³-hybridized carbons (Fsp3) is 0.148. The number of hydrogen-bond acceptors (Lipinski definition) is 4. The SMILES string of the molecule is O=C(C=C1SC(=NCCc2ccccc2)N(CCc2ccccc2)C1=O)Nc1cccc(Cl)c1. The number of amidine groups is 1. The average molecular weight is 490 g/mol. The fourth-order valence-electron chi connectivity index (χ4n) is 3.50. The first-order chi connectivity index (χ1) is 16.6. The van der Waals surface area contributed by atoms with E-state index in [0.29, 0.717) is 40.3 Å². The second kappa shape index (κ2) is 11.7. The lowest BCUT2D eigenvalue weighted by molar-refractivity contribution is -0.122. The largest absolute Gasteiger partial charge is 0.322 e. The highest BCUT2D eigenvalue weighted by molar-refractivity contribution is 8.18. The molecule has 34 heavy (non-hydrogen) atoms. The molecule has 1 N–H and O–H groups in total. The minimum Gasteiger partial charge on any atom is -0.322 e. The highest BCUT2D eigenvalue weighted by Gasteiger charge is 2.33. The highest BCUT2D eigenvalue weighted by atomic mass is 35.5. The maximum atomic E-state index is 13.2. The number of carbonyl (C=O) groups excluding carboxylic acids is 2. The van der Waals surface area contributed by atoms with E-state index in [1.165, 1.54) is 23.4 Å². The van der Waals surface area contributed by atoms with Crippen LogP contribution in [0.2, 0.25) is 5.02 Å². The summed E-state index contributed by atoms with van der Waals surface area (Å²) in [5, 5.41) is 3.91. The zero-order chi connectivity index (χ0) is 23.8. The number of hydrogen-bond donors (Lipinski definition) is 1. The summed E-state index contributed by atoms with van der Waals surface area (Å²) in [6.07, 6.45) is 2.82. The Morgan fingerprint density at radius 2 is 1.62 bits per heavy atom. The van der Waals surface area contributed by atoms with Gasteiger partial charge in [-0.1, -0.05) is 78.3 Å². The Morgan fingerprint density at radius 1 is 0.941 bits per heavy atom. The summed E-state index contributed by atoms with van der Waals surface area (Å²) in [5.41, 5.74) is 2.90. The molecule has 0 aliphatic carbocycles. The van der Waals surface area contributed by atoms with Crippen molar-refractivity contribution in [1.29, 1.82) is 0 Å². The molecule has 1 aliphatic rings. The molecule has 2 amide bonds. The number of anilines is 1. The van der Waals surface area contributed by atoms with E-state index < -0.39 is 0 Å². The Balaban J connectivity index is 1.48. The molecule has 5 nitrogen and oxygen atoms in total. The highest BCUT2D eigenvalue weighted by Crippen LogP contribution is 2.31. The zero-order valence-electron chi connectivity index (χ0n) is 18.5. The summed E-state index contributed by atoms with van der Waals surface area (Å²) in [4.78, 5) is 32.5. The van der Waals surface area contributed by atoms with Crippen LogP contribution in [-0.4, -0.2) is 35.0 Å². The van der Waals surface area contributed by atoms with Gasteiger partial charge in [-0.05, 0) is 53.9 Å². The van der Waals surface area contributed by atoms with Crippen molar-refractivity contribution in [3.63, 3.8) is 0 Å².